The molecule has 9 nitrogen and oxygen atoms in total. The van der Waals surface area contributed by atoms with Gasteiger partial charge in [0.15, 0.2) is 5.88 Å². The van der Waals surface area contributed by atoms with Crippen molar-refractivity contribution in [3.8, 4) is 0 Å². The molecule has 0 aliphatic carbocycles. The molecule has 1 heterocycles. The van der Waals surface area contributed by atoms with E-state index in [4.69, 9.17) is 17.2 Å². The first-order valence-electron chi connectivity index (χ1n) is 13.7. The number of carbonyl (C=O) groups excluding carboxylic acids is 1. The molecular weight excluding hydrogens is 569 g/mol. The molecule has 0 spiro atoms. The smallest absolute Gasteiger partial charge is 0.352 e. The van der Waals surface area contributed by atoms with Crippen molar-refractivity contribution in [2.45, 2.75) is 37.5 Å². The maximum atomic E-state index is 13.1. The van der Waals surface area contributed by atoms with Gasteiger partial charge in [-0.3, -0.25) is 9.78 Å². The molecule has 3 rings (SSSR count). The predicted molar refractivity (Wildman–Crippen MR) is 158 cm³/mol. The van der Waals surface area contributed by atoms with E-state index in [1.165, 1.54) is 12.1 Å². The highest BCUT2D eigenvalue weighted by Crippen LogP contribution is 2.29. The van der Waals surface area contributed by atoms with Crippen molar-refractivity contribution in [1.29, 1.82) is 0 Å². The fourth-order valence-corrected chi connectivity index (χ4v) is 6.99. The van der Waals surface area contributed by atoms with E-state index >= 15 is 0 Å². The quantitative estimate of drug-likeness (QED) is 0.192. The Hall–Kier alpha value is -3.10. The summed E-state index contributed by atoms with van der Waals surface area (Å²) in [6.07, 6.45) is -1.54. The Morgan fingerprint density at radius 2 is 1.67 bits per heavy atom. The average molecular weight is 610 g/mol. The molecule has 0 bridgehead atoms. The van der Waals surface area contributed by atoms with Crippen LogP contribution in [-0.2, 0) is 33.6 Å². The lowest BCUT2D eigenvalue weighted by molar-refractivity contribution is -0.895. The SMILES string of the molecule is C[N+](CCN)(CCN)CS(=O)(=O)C[C@H](N)C(=O)N[C@H](CCc1cnc2ccccc2c1)Cc1ccc(C(F)(F)F)cc1. The number of pyridine rings is 1. The van der Waals surface area contributed by atoms with Crippen LogP contribution in [0, 0.1) is 0 Å². The lowest BCUT2D eigenvalue weighted by Gasteiger charge is -2.33. The van der Waals surface area contributed by atoms with E-state index in [0.717, 1.165) is 28.6 Å². The number of aryl methyl sites for hydroxylation is 1. The molecule has 42 heavy (non-hydrogen) atoms. The molecule has 0 saturated carbocycles. The second-order valence-corrected chi connectivity index (χ2v) is 13.0. The standard InChI is InChI=1S/C29H39F3N6O3S/c1-38(14-12-33,15-13-34)20-42(40,41)19-26(35)28(39)37-25(17-21-6-9-24(10-7-21)29(30,31)32)11-8-22-16-23-4-2-3-5-27(23)36-18-22/h2-7,9-10,16,18,25-26H,8,11-15,17,19-20,33-35H2,1H3/p+1/t25-,26+/m1/s1. The van der Waals surface area contributed by atoms with Crippen LogP contribution in [0.2, 0.25) is 0 Å². The third kappa shape index (κ3) is 10.0. The Kier molecular flexibility index (Phi) is 11.4. The molecule has 13 heteroatoms. The van der Waals surface area contributed by atoms with Gasteiger partial charge in [0.05, 0.1) is 43.0 Å². The number of para-hydroxylation sites is 1. The number of sulfone groups is 1. The Morgan fingerprint density at radius 3 is 2.29 bits per heavy atom. The van der Waals surface area contributed by atoms with Gasteiger partial charge in [-0.05, 0) is 54.7 Å². The second kappa shape index (κ2) is 14.4. The van der Waals surface area contributed by atoms with Gasteiger partial charge in [-0.1, -0.05) is 30.3 Å². The van der Waals surface area contributed by atoms with Crippen LogP contribution in [0.4, 0.5) is 13.2 Å². The van der Waals surface area contributed by atoms with Crippen LogP contribution >= 0.6 is 0 Å². The lowest BCUT2D eigenvalue weighted by Crippen LogP contribution is -2.55. The average Bonchev–Trinajstić information content (AvgIpc) is 2.90. The monoisotopic (exact) mass is 609 g/mol. The number of alkyl halides is 3. The molecule has 2 atom stereocenters. The number of carbonyl (C=O) groups is 1. The molecule has 0 saturated heterocycles. The summed E-state index contributed by atoms with van der Waals surface area (Å²) in [7, 11) is -2.02. The normalized spacial score (nSPS) is 14.1. The molecule has 0 radical (unpaired) electrons. The van der Waals surface area contributed by atoms with Gasteiger partial charge in [-0.15, -0.1) is 0 Å². The van der Waals surface area contributed by atoms with Gasteiger partial charge in [-0.2, -0.15) is 13.2 Å². The van der Waals surface area contributed by atoms with E-state index in [-0.39, 0.29) is 29.9 Å². The number of fused-ring (bicyclic) bond motifs is 1. The van der Waals surface area contributed by atoms with Crippen LogP contribution in [-0.4, -0.2) is 80.7 Å². The molecule has 1 amide bonds. The number of rotatable bonds is 15. The lowest BCUT2D eigenvalue weighted by atomic mass is 9.98. The van der Waals surface area contributed by atoms with E-state index in [0.29, 0.717) is 31.5 Å². The number of quaternary nitrogens is 1. The van der Waals surface area contributed by atoms with Crippen molar-refractivity contribution in [3.63, 3.8) is 0 Å². The van der Waals surface area contributed by atoms with Crippen LogP contribution in [0.5, 0.6) is 0 Å². The Balaban J connectivity index is 1.73. The zero-order chi connectivity index (χ0) is 31.0. The van der Waals surface area contributed by atoms with Crippen molar-refractivity contribution in [3.05, 3.63) is 77.5 Å². The summed E-state index contributed by atoms with van der Waals surface area (Å²) in [6.45, 7) is 1.35. The van der Waals surface area contributed by atoms with Gasteiger partial charge in [0.25, 0.3) is 0 Å². The Labute approximate surface area is 244 Å². The topological polar surface area (TPSA) is 154 Å². The highest BCUT2D eigenvalue weighted by molar-refractivity contribution is 7.91. The largest absolute Gasteiger partial charge is 0.416 e. The summed E-state index contributed by atoms with van der Waals surface area (Å²) in [4.78, 5) is 17.6. The molecule has 2 aromatic carbocycles. The number of nitrogens with two attached hydrogens (primary N) is 3. The minimum Gasteiger partial charge on any atom is -0.352 e. The van der Waals surface area contributed by atoms with Gasteiger partial charge in [0.2, 0.25) is 15.7 Å². The van der Waals surface area contributed by atoms with Crippen molar-refractivity contribution in [2.24, 2.45) is 17.2 Å². The van der Waals surface area contributed by atoms with E-state index in [2.05, 4.69) is 10.3 Å². The Morgan fingerprint density at radius 1 is 1.02 bits per heavy atom. The number of hydrogen-bond acceptors (Lipinski definition) is 7. The van der Waals surface area contributed by atoms with Gasteiger partial charge in [0.1, 0.15) is 0 Å². The fourth-order valence-electron chi connectivity index (χ4n) is 4.98. The first-order valence-corrected chi connectivity index (χ1v) is 15.6. The number of aromatic nitrogens is 1. The van der Waals surface area contributed by atoms with Crippen molar-refractivity contribution >= 4 is 26.6 Å². The number of amides is 1. The summed E-state index contributed by atoms with van der Waals surface area (Å²) in [5, 5.41) is 3.80. The highest BCUT2D eigenvalue weighted by atomic mass is 32.2. The number of likely N-dealkylation sites (N-methyl/N-ethyl adjacent to an activating group) is 1. The predicted octanol–water partition coefficient (Wildman–Crippen LogP) is 1.98. The molecule has 7 N–H and O–H groups in total. The summed E-state index contributed by atoms with van der Waals surface area (Å²) in [5.74, 6) is -1.48. The van der Waals surface area contributed by atoms with Gasteiger partial charge >= 0.3 is 6.18 Å². The molecule has 0 unspecified atom stereocenters. The second-order valence-electron chi connectivity index (χ2n) is 11.0. The number of halogens is 3. The number of benzene rings is 2. The fraction of sp³-hybridized carbons (Fsp3) is 0.448. The molecule has 0 aliphatic heterocycles. The van der Waals surface area contributed by atoms with E-state index in [1.54, 1.807) is 13.2 Å². The number of hydrogen-bond donors (Lipinski definition) is 4. The number of nitrogens with one attached hydrogen (secondary N) is 1. The van der Waals surface area contributed by atoms with E-state index in [9.17, 15) is 26.4 Å². The van der Waals surface area contributed by atoms with Gasteiger partial charge in [0, 0.05) is 30.7 Å². The third-order valence-corrected chi connectivity index (χ3v) is 9.04. The molecule has 0 fully saturated rings. The molecule has 230 valence electrons. The van der Waals surface area contributed by atoms with Crippen LogP contribution in [0.15, 0.2) is 60.8 Å². The molecule has 3 aromatic rings. The van der Waals surface area contributed by atoms with Crippen LogP contribution < -0.4 is 22.5 Å². The van der Waals surface area contributed by atoms with E-state index in [1.807, 2.05) is 30.3 Å². The highest BCUT2D eigenvalue weighted by Gasteiger charge is 2.32. The molecule has 0 aliphatic rings. The first kappa shape index (κ1) is 33.4. The molecular formula is C29H40F3N6O3S+. The third-order valence-electron chi connectivity index (χ3n) is 7.15. The van der Waals surface area contributed by atoms with Crippen LogP contribution in [0.25, 0.3) is 10.9 Å². The van der Waals surface area contributed by atoms with Crippen LogP contribution in [0.1, 0.15) is 23.1 Å². The zero-order valence-electron chi connectivity index (χ0n) is 23.7. The van der Waals surface area contributed by atoms with E-state index < -0.39 is 45.3 Å². The van der Waals surface area contributed by atoms with Crippen molar-refractivity contribution in [2.75, 3.05) is 44.9 Å². The van der Waals surface area contributed by atoms with Gasteiger partial charge < -0.3 is 27.0 Å². The van der Waals surface area contributed by atoms with Gasteiger partial charge in [-0.25, -0.2) is 8.42 Å². The summed E-state index contributed by atoms with van der Waals surface area (Å²) in [6, 6.07) is 12.5. The Bertz CT molecular complexity index is 1430. The summed E-state index contributed by atoms with van der Waals surface area (Å²) in [5.41, 5.74) is 19.0. The van der Waals surface area contributed by atoms with Crippen LogP contribution in [0.3, 0.4) is 0 Å². The maximum Gasteiger partial charge on any atom is 0.416 e. The minimum atomic E-state index is -4.46. The number of nitrogens with zero attached hydrogens (tertiary/aromatic N) is 2. The van der Waals surface area contributed by atoms with Crippen molar-refractivity contribution < 1.29 is 30.9 Å². The molecule has 1 aromatic heterocycles. The summed E-state index contributed by atoms with van der Waals surface area (Å²) >= 11 is 0. The minimum absolute atomic E-state index is 0.111. The zero-order valence-corrected chi connectivity index (χ0v) is 24.5. The van der Waals surface area contributed by atoms with Crippen molar-refractivity contribution in [1.82, 2.24) is 10.3 Å². The summed E-state index contributed by atoms with van der Waals surface area (Å²) < 4.78 is 65.2. The maximum absolute atomic E-state index is 13.1. The first-order chi connectivity index (χ1) is 19.7.